The number of piperidine rings is 1. The van der Waals surface area contributed by atoms with E-state index in [-0.39, 0.29) is 5.41 Å². The summed E-state index contributed by atoms with van der Waals surface area (Å²) >= 11 is 0. The highest BCUT2D eigenvalue weighted by Crippen LogP contribution is 2.44. The molecule has 2 heterocycles. The van der Waals surface area contributed by atoms with E-state index < -0.39 is 23.5 Å². The maximum absolute atomic E-state index is 15.2. The lowest BCUT2D eigenvalue weighted by Gasteiger charge is -2.41. The van der Waals surface area contributed by atoms with E-state index in [0.717, 1.165) is 25.9 Å². The van der Waals surface area contributed by atoms with Crippen LogP contribution in [0.5, 0.6) is 5.75 Å². The van der Waals surface area contributed by atoms with Crippen molar-refractivity contribution < 1.29 is 23.8 Å². The van der Waals surface area contributed by atoms with Gasteiger partial charge in [-0.25, -0.2) is 9.18 Å². The van der Waals surface area contributed by atoms with Gasteiger partial charge in [-0.1, -0.05) is 13.8 Å². The molecule has 1 aliphatic heterocycles. The third-order valence-corrected chi connectivity index (χ3v) is 6.14. The van der Waals surface area contributed by atoms with Crippen molar-refractivity contribution in [3.8, 4) is 16.9 Å². The molecule has 1 aromatic carbocycles. The van der Waals surface area contributed by atoms with Gasteiger partial charge in [-0.3, -0.25) is 4.98 Å². The molecule has 1 N–H and O–H groups in total. The number of nitrogens with zero attached hydrogens (tertiary/aromatic N) is 2. The highest BCUT2D eigenvalue weighted by atomic mass is 19.1. The first-order chi connectivity index (χ1) is 15.3. The predicted molar refractivity (Wildman–Crippen MR) is 127 cm³/mol. The first kappa shape index (κ1) is 25.0. The number of anilines is 1. The van der Waals surface area contributed by atoms with Crippen molar-refractivity contribution in [3.63, 3.8) is 0 Å². The maximum Gasteiger partial charge on any atom is 0.337 e. The Labute approximate surface area is 195 Å². The van der Waals surface area contributed by atoms with Gasteiger partial charge in [-0.2, -0.15) is 0 Å². The lowest BCUT2D eigenvalue weighted by Crippen LogP contribution is -2.39. The minimum absolute atomic E-state index is 0.193. The molecule has 1 atom stereocenters. The van der Waals surface area contributed by atoms with Crippen LogP contribution in [-0.4, -0.2) is 41.9 Å². The Bertz CT molecular complexity index is 1020. The third-order valence-electron chi connectivity index (χ3n) is 6.14. The number of aromatic nitrogens is 1. The summed E-state index contributed by atoms with van der Waals surface area (Å²) in [5.41, 5.74) is 2.12. The Morgan fingerprint density at radius 2 is 1.85 bits per heavy atom. The van der Waals surface area contributed by atoms with Crippen molar-refractivity contribution in [1.82, 2.24) is 4.98 Å². The lowest BCUT2D eigenvalue weighted by molar-refractivity contribution is -0.160. The first-order valence-corrected chi connectivity index (χ1v) is 11.3. The number of carboxylic acids is 1. The summed E-state index contributed by atoms with van der Waals surface area (Å²) in [4.78, 5) is 19.1. The molecule has 1 fully saturated rings. The molecule has 0 amide bonds. The van der Waals surface area contributed by atoms with E-state index in [1.54, 1.807) is 25.3 Å². The minimum Gasteiger partial charge on any atom is -0.497 e. The van der Waals surface area contributed by atoms with E-state index in [4.69, 9.17) is 9.47 Å². The van der Waals surface area contributed by atoms with E-state index in [0.29, 0.717) is 33.8 Å². The van der Waals surface area contributed by atoms with Gasteiger partial charge >= 0.3 is 5.97 Å². The van der Waals surface area contributed by atoms with Gasteiger partial charge in [0.2, 0.25) is 0 Å². The second-order valence-corrected chi connectivity index (χ2v) is 10.5. The van der Waals surface area contributed by atoms with Crippen molar-refractivity contribution in [1.29, 1.82) is 0 Å². The Morgan fingerprint density at radius 1 is 1.21 bits per heavy atom. The molecule has 0 saturated carbocycles. The molecule has 180 valence electrons. The van der Waals surface area contributed by atoms with Crippen LogP contribution in [-0.2, 0) is 9.53 Å². The van der Waals surface area contributed by atoms with E-state index in [1.165, 1.54) is 13.2 Å². The van der Waals surface area contributed by atoms with Gasteiger partial charge in [0.25, 0.3) is 0 Å². The monoisotopic (exact) mass is 458 g/mol. The summed E-state index contributed by atoms with van der Waals surface area (Å²) in [5, 5.41) is 10.1. The highest BCUT2D eigenvalue weighted by Gasteiger charge is 2.36. The number of aliphatic carboxylic acids is 1. The molecule has 1 saturated heterocycles. The molecule has 2 aromatic rings. The lowest BCUT2D eigenvalue weighted by atomic mass is 9.82. The topological polar surface area (TPSA) is 71.9 Å². The molecule has 1 aromatic heterocycles. The Morgan fingerprint density at radius 3 is 2.36 bits per heavy atom. The number of carbonyl (C=O) groups is 1. The summed E-state index contributed by atoms with van der Waals surface area (Å²) < 4.78 is 26.4. The number of rotatable bonds is 6. The van der Waals surface area contributed by atoms with E-state index in [9.17, 15) is 9.90 Å². The Hall–Kier alpha value is -2.67. The smallest absolute Gasteiger partial charge is 0.337 e. The Kier molecular flexibility index (Phi) is 7.03. The van der Waals surface area contributed by atoms with Crippen LogP contribution in [0.1, 0.15) is 64.8 Å². The summed E-state index contributed by atoms with van der Waals surface area (Å²) in [6, 6.07) is 4.68. The summed E-state index contributed by atoms with van der Waals surface area (Å²) in [5.74, 6) is -1.13. The minimum atomic E-state index is -1.23. The van der Waals surface area contributed by atoms with Gasteiger partial charge in [0.05, 0.1) is 18.4 Å². The van der Waals surface area contributed by atoms with Crippen molar-refractivity contribution in [2.75, 3.05) is 25.1 Å². The predicted octanol–water partition coefficient (Wildman–Crippen LogP) is 5.77. The summed E-state index contributed by atoms with van der Waals surface area (Å²) in [6.45, 7) is 13.2. The second-order valence-electron chi connectivity index (χ2n) is 10.5. The standard InChI is InChI=1S/C26H35FN2O4/c1-16-21(23(24(30)31)33-25(2,3)4)22(29-12-10-26(5,6)11-13-29)19(15-28-16)18-9-8-17(32-7)14-20(18)27/h8-9,14-15,23H,10-13H2,1-7H3,(H,30,31). The number of hydrogen-bond acceptors (Lipinski definition) is 5. The molecule has 0 bridgehead atoms. The molecular formula is C26H35FN2O4. The van der Waals surface area contributed by atoms with Crippen molar-refractivity contribution in [2.24, 2.45) is 5.41 Å². The van der Waals surface area contributed by atoms with Crippen LogP contribution in [0, 0.1) is 18.2 Å². The number of benzene rings is 1. The third kappa shape index (κ3) is 5.64. The van der Waals surface area contributed by atoms with Crippen LogP contribution in [0.3, 0.4) is 0 Å². The van der Waals surface area contributed by atoms with Gasteiger partial charge in [0.15, 0.2) is 6.10 Å². The zero-order valence-electron chi connectivity index (χ0n) is 20.7. The molecule has 1 aliphatic rings. The van der Waals surface area contributed by atoms with Crippen LogP contribution in [0.15, 0.2) is 24.4 Å². The molecule has 0 radical (unpaired) electrons. The number of ether oxygens (including phenoxy) is 2. The first-order valence-electron chi connectivity index (χ1n) is 11.3. The van der Waals surface area contributed by atoms with Crippen LogP contribution in [0.25, 0.3) is 11.1 Å². The fourth-order valence-electron chi connectivity index (χ4n) is 4.22. The quantitative estimate of drug-likeness (QED) is 0.592. The van der Waals surface area contributed by atoms with E-state index in [2.05, 4.69) is 23.7 Å². The number of hydrogen-bond donors (Lipinski definition) is 1. The maximum atomic E-state index is 15.2. The van der Waals surface area contributed by atoms with E-state index >= 15 is 4.39 Å². The molecule has 0 aliphatic carbocycles. The fourth-order valence-corrected chi connectivity index (χ4v) is 4.22. The van der Waals surface area contributed by atoms with Gasteiger partial charge in [-0.05, 0) is 58.1 Å². The average molecular weight is 459 g/mol. The van der Waals surface area contributed by atoms with Crippen molar-refractivity contribution in [3.05, 3.63) is 41.5 Å². The fraction of sp³-hybridized carbons (Fsp3) is 0.538. The molecule has 7 heteroatoms. The summed E-state index contributed by atoms with van der Waals surface area (Å²) in [7, 11) is 1.49. The number of carboxylic acid groups (broad SMARTS) is 1. The highest BCUT2D eigenvalue weighted by molar-refractivity contribution is 5.86. The number of pyridine rings is 1. The van der Waals surface area contributed by atoms with Crippen molar-refractivity contribution in [2.45, 2.75) is 66.1 Å². The number of halogens is 1. The Balaban J connectivity index is 2.26. The number of methoxy groups -OCH3 is 1. The van der Waals surface area contributed by atoms with Gasteiger partial charge in [-0.15, -0.1) is 0 Å². The second kappa shape index (κ2) is 9.29. The number of aryl methyl sites for hydroxylation is 1. The molecule has 6 nitrogen and oxygen atoms in total. The summed E-state index contributed by atoms with van der Waals surface area (Å²) in [6.07, 6.45) is 2.28. The van der Waals surface area contributed by atoms with Crippen LogP contribution >= 0.6 is 0 Å². The molecule has 3 rings (SSSR count). The van der Waals surface area contributed by atoms with E-state index in [1.807, 2.05) is 20.8 Å². The van der Waals surface area contributed by atoms with Crippen LogP contribution in [0.2, 0.25) is 0 Å². The SMILES string of the molecule is COc1ccc(-c2cnc(C)c(C(OC(C)(C)C)C(=O)O)c2N2CCC(C)(C)CC2)c(F)c1. The molecule has 1 unspecified atom stereocenters. The normalized spacial score (nSPS) is 17.0. The average Bonchev–Trinajstić information content (AvgIpc) is 2.71. The van der Waals surface area contributed by atoms with Gasteiger partial charge < -0.3 is 19.5 Å². The molecule has 33 heavy (non-hydrogen) atoms. The largest absolute Gasteiger partial charge is 0.497 e. The molecular weight excluding hydrogens is 423 g/mol. The zero-order chi connectivity index (χ0) is 24.6. The zero-order valence-corrected chi connectivity index (χ0v) is 20.7. The van der Waals surface area contributed by atoms with Crippen LogP contribution < -0.4 is 9.64 Å². The van der Waals surface area contributed by atoms with Crippen molar-refractivity contribution >= 4 is 11.7 Å². The van der Waals surface area contributed by atoms with Gasteiger partial charge in [0.1, 0.15) is 11.6 Å². The molecule has 0 spiro atoms. The van der Waals surface area contributed by atoms with Crippen LogP contribution in [0.4, 0.5) is 10.1 Å². The van der Waals surface area contributed by atoms with Gasteiger partial charge in [0, 0.05) is 47.7 Å².